The Balaban J connectivity index is 1.61. The van der Waals surface area contributed by atoms with E-state index in [0.29, 0.717) is 17.3 Å². The molecule has 0 aromatic carbocycles. The second-order valence-electron chi connectivity index (χ2n) is 10.4. The average molecular weight is 445 g/mol. The van der Waals surface area contributed by atoms with Gasteiger partial charge in [-0.15, -0.1) is 0 Å². The number of rotatable bonds is 4. The summed E-state index contributed by atoms with van der Waals surface area (Å²) < 4.78 is 1.78. The fourth-order valence-corrected chi connectivity index (χ4v) is 5.91. The second-order valence-corrected chi connectivity index (χ2v) is 10.4. The summed E-state index contributed by atoms with van der Waals surface area (Å²) in [7, 11) is 1.80. The number of nitrogens with one attached hydrogen (secondary N) is 2. The van der Waals surface area contributed by atoms with Crippen LogP contribution in [0.4, 0.5) is 0 Å². The third-order valence-electron chi connectivity index (χ3n) is 8.15. The van der Waals surface area contributed by atoms with Gasteiger partial charge in [0.05, 0.1) is 16.7 Å². The molecule has 0 radical (unpaired) electrons. The van der Waals surface area contributed by atoms with E-state index in [4.69, 9.17) is 4.98 Å². The predicted octanol–water partition coefficient (Wildman–Crippen LogP) is 5.01. The minimum Gasteiger partial charge on any atom is -0.353 e. The van der Waals surface area contributed by atoms with Gasteiger partial charge in [-0.05, 0) is 74.1 Å². The molecule has 3 aromatic heterocycles. The van der Waals surface area contributed by atoms with Crippen LogP contribution in [0.3, 0.4) is 0 Å². The highest BCUT2D eigenvalue weighted by atomic mass is 15.3. The first-order chi connectivity index (χ1) is 15.9. The van der Waals surface area contributed by atoms with Crippen molar-refractivity contribution in [3.8, 4) is 11.3 Å². The summed E-state index contributed by atoms with van der Waals surface area (Å²) in [6.45, 7) is 14.9. The van der Waals surface area contributed by atoms with E-state index in [0.717, 1.165) is 33.3 Å². The topological polar surface area (TPSA) is 70.4 Å². The molecule has 1 spiro atoms. The summed E-state index contributed by atoms with van der Waals surface area (Å²) in [5.41, 5.74) is 10.8. The molecule has 0 unspecified atom stereocenters. The quantitative estimate of drug-likeness (QED) is 0.555. The molecule has 1 aliphatic carbocycles. The van der Waals surface area contributed by atoms with Crippen molar-refractivity contribution in [3.05, 3.63) is 46.2 Å². The van der Waals surface area contributed by atoms with E-state index in [-0.39, 0.29) is 0 Å². The number of nitrogens with zero attached hydrogens (tertiary/aromatic N) is 4. The Morgan fingerprint density at radius 3 is 2.45 bits per heavy atom. The normalized spacial score (nSPS) is 18.9. The zero-order chi connectivity index (χ0) is 23.3. The SMILES string of the molecule is C=Nn1cc(-c2[nH]c3ccc(C4CCC5(CC4)CNC5)nc3c2C(C)C)c(C)c(C)/c1=N/C. The smallest absolute Gasteiger partial charge is 0.151 e. The molecule has 2 aliphatic rings. The van der Waals surface area contributed by atoms with Gasteiger partial charge >= 0.3 is 0 Å². The van der Waals surface area contributed by atoms with Crippen molar-refractivity contribution >= 4 is 17.8 Å². The van der Waals surface area contributed by atoms with E-state index in [1.807, 2.05) is 6.20 Å². The number of hydrogen-bond donors (Lipinski definition) is 2. The summed E-state index contributed by atoms with van der Waals surface area (Å²) in [6.07, 6.45) is 7.19. The van der Waals surface area contributed by atoms with Crippen molar-refractivity contribution in [1.29, 1.82) is 0 Å². The van der Waals surface area contributed by atoms with E-state index >= 15 is 0 Å². The van der Waals surface area contributed by atoms with E-state index in [9.17, 15) is 0 Å². The van der Waals surface area contributed by atoms with Gasteiger partial charge in [-0.3, -0.25) is 9.98 Å². The van der Waals surface area contributed by atoms with Crippen LogP contribution in [0.2, 0.25) is 0 Å². The number of fused-ring (bicyclic) bond motifs is 1. The molecule has 6 nitrogen and oxygen atoms in total. The lowest BCUT2D eigenvalue weighted by atomic mass is 9.66. The van der Waals surface area contributed by atoms with E-state index in [1.165, 1.54) is 55.6 Å². The minimum absolute atomic E-state index is 0.340. The first kappa shape index (κ1) is 22.1. The van der Waals surface area contributed by atoms with Crippen LogP contribution in [0.5, 0.6) is 0 Å². The van der Waals surface area contributed by atoms with Gasteiger partial charge in [0.2, 0.25) is 0 Å². The van der Waals surface area contributed by atoms with Crippen LogP contribution in [0.15, 0.2) is 28.4 Å². The third-order valence-corrected chi connectivity index (χ3v) is 8.15. The lowest BCUT2D eigenvalue weighted by Gasteiger charge is -2.47. The maximum absolute atomic E-state index is 5.28. The van der Waals surface area contributed by atoms with Crippen molar-refractivity contribution in [2.75, 3.05) is 20.1 Å². The molecule has 4 heterocycles. The Bertz CT molecular complexity index is 1280. The standard InChI is InChI=1S/C27H36N6/c1-16(2)23-24(20-13-33(29-6)26(28-5)18(4)17(20)3)32-22-8-7-21(31-25(22)23)19-9-11-27(12-10-19)14-30-15-27/h7-8,13,16,19,30,32H,6,9-12,14-15H2,1-5H3/b28-26-. The first-order valence-corrected chi connectivity index (χ1v) is 12.2. The Morgan fingerprint density at radius 2 is 1.88 bits per heavy atom. The monoisotopic (exact) mass is 444 g/mol. The Labute approximate surface area is 196 Å². The van der Waals surface area contributed by atoms with E-state index < -0.39 is 0 Å². The predicted molar refractivity (Wildman–Crippen MR) is 136 cm³/mol. The molecule has 0 bridgehead atoms. The van der Waals surface area contributed by atoms with Crippen LogP contribution in [-0.4, -0.2) is 41.5 Å². The molecular formula is C27H36N6. The summed E-state index contributed by atoms with van der Waals surface area (Å²) in [4.78, 5) is 13.4. The lowest BCUT2D eigenvalue weighted by Crippen LogP contribution is -2.54. The molecular weight excluding hydrogens is 408 g/mol. The summed E-state index contributed by atoms with van der Waals surface area (Å²) in [6, 6.07) is 4.48. The van der Waals surface area contributed by atoms with Gasteiger partial charge in [-0.1, -0.05) is 13.8 Å². The molecule has 174 valence electrons. The summed E-state index contributed by atoms with van der Waals surface area (Å²) in [5, 5.41) is 7.67. The lowest BCUT2D eigenvalue weighted by molar-refractivity contribution is 0.0969. The van der Waals surface area contributed by atoms with Gasteiger partial charge in [0, 0.05) is 55.8 Å². The average Bonchev–Trinajstić information content (AvgIpc) is 3.18. The molecule has 6 heteroatoms. The number of aromatic nitrogens is 3. The summed E-state index contributed by atoms with van der Waals surface area (Å²) >= 11 is 0. The molecule has 0 amide bonds. The van der Waals surface area contributed by atoms with Crippen LogP contribution in [0.1, 0.15) is 73.8 Å². The molecule has 1 aliphatic heterocycles. The molecule has 2 fully saturated rings. The zero-order valence-corrected chi connectivity index (χ0v) is 20.6. The van der Waals surface area contributed by atoms with Crippen LogP contribution < -0.4 is 10.8 Å². The molecule has 3 aromatic rings. The van der Waals surface area contributed by atoms with Gasteiger partial charge in [0.1, 0.15) is 0 Å². The fraction of sp³-hybridized carbons (Fsp3) is 0.519. The number of pyridine rings is 2. The first-order valence-electron chi connectivity index (χ1n) is 12.2. The van der Waals surface area contributed by atoms with Gasteiger partial charge in [0.25, 0.3) is 0 Å². The molecule has 1 saturated carbocycles. The fourth-order valence-electron chi connectivity index (χ4n) is 5.91. The van der Waals surface area contributed by atoms with Crippen molar-refractivity contribution in [1.82, 2.24) is 20.0 Å². The van der Waals surface area contributed by atoms with Crippen LogP contribution in [0.25, 0.3) is 22.3 Å². The highest BCUT2D eigenvalue weighted by molar-refractivity contribution is 5.89. The number of H-pyrrole nitrogens is 1. The Morgan fingerprint density at radius 1 is 1.15 bits per heavy atom. The molecule has 33 heavy (non-hydrogen) atoms. The Kier molecular flexibility index (Phi) is 5.52. The van der Waals surface area contributed by atoms with Gasteiger partial charge in [0.15, 0.2) is 5.49 Å². The van der Waals surface area contributed by atoms with E-state index in [2.05, 4.69) is 66.9 Å². The Hall–Kier alpha value is -2.73. The number of hydrogen-bond acceptors (Lipinski definition) is 4. The number of aromatic amines is 1. The van der Waals surface area contributed by atoms with Gasteiger partial charge in [-0.25, -0.2) is 4.68 Å². The highest BCUT2D eigenvalue weighted by Gasteiger charge is 2.40. The summed E-state index contributed by atoms with van der Waals surface area (Å²) in [5.74, 6) is 0.910. The largest absolute Gasteiger partial charge is 0.353 e. The van der Waals surface area contributed by atoms with Gasteiger partial charge in [-0.2, -0.15) is 5.10 Å². The van der Waals surface area contributed by atoms with Crippen molar-refractivity contribution in [3.63, 3.8) is 0 Å². The zero-order valence-electron chi connectivity index (χ0n) is 20.6. The molecule has 1 saturated heterocycles. The molecule has 2 N–H and O–H groups in total. The second kappa shape index (κ2) is 8.24. The maximum Gasteiger partial charge on any atom is 0.151 e. The maximum atomic E-state index is 5.28. The highest BCUT2D eigenvalue weighted by Crippen LogP contribution is 2.45. The van der Waals surface area contributed by atoms with Crippen LogP contribution in [0, 0.1) is 19.3 Å². The van der Waals surface area contributed by atoms with Crippen LogP contribution >= 0.6 is 0 Å². The molecule has 0 atom stereocenters. The molecule has 5 rings (SSSR count). The minimum atomic E-state index is 0.340. The van der Waals surface area contributed by atoms with Gasteiger partial charge < -0.3 is 10.3 Å². The third kappa shape index (κ3) is 3.55. The van der Waals surface area contributed by atoms with E-state index in [1.54, 1.807) is 11.7 Å². The van der Waals surface area contributed by atoms with Crippen molar-refractivity contribution in [2.45, 2.75) is 65.2 Å². The van der Waals surface area contributed by atoms with Crippen molar-refractivity contribution < 1.29 is 0 Å². The van der Waals surface area contributed by atoms with Crippen molar-refractivity contribution in [2.24, 2.45) is 15.5 Å². The van der Waals surface area contributed by atoms with Crippen LogP contribution in [-0.2, 0) is 0 Å².